The Morgan fingerprint density at radius 1 is 1.61 bits per heavy atom. The van der Waals surface area contributed by atoms with Crippen LogP contribution in [0.3, 0.4) is 0 Å². The van der Waals surface area contributed by atoms with Gasteiger partial charge in [-0.3, -0.25) is 4.68 Å². The lowest BCUT2D eigenvalue weighted by Crippen LogP contribution is -2.20. The van der Waals surface area contributed by atoms with E-state index in [-0.39, 0.29) is 0 Å². The number of nitrogens with zero attached hydrogens (tertiary/aromatic N) is 2. The average Bonchev–Trinajstić information content (AvgIpc) is 2.78. The summed E-state index contributed by atoms with van der Waals surface area (Å²) in [6, 6.07) is 0. The van der Waals surface area contributed by atoms with Crippen LogP contribution in [-0.2, 0) is 11.8 Å². The van der Waals surface area contributed by atoms with E-state index in [2.05, 4.69) is 5.10 Å². The fraction of sp³-hybridized carbons (Fsp3) is 0.769. The molecule has 0 spiro atoms. The second-order valence-electron chi connectivity index (χ2n) is 4.80. The normalized spacial score (nSPS) is 21.8. The van der Waals surface area contributed by atoms with Crippen molar-refractivity contribution >= 4 is 0 Å². The van der Waals surface area contributed by atoms with Crippen molar-refractivity contribution in [3.05, 3.63) is 11.9 Å². The van der Waals surface area contributed by atoms with Crippen molar-refractivity contribution in [2.24, 2.45) is 7.05 Å². The molecule has 1 fully saturated rings. The maximum atomic E-state index is 10.2. The first-order valence-corrected chi connectivity index (χ1v) is 6.58. The molecule has 1 saturated heterocycles. The molecule has 18 heavy (non-hydrogen) atoms. The van der Waals surface area contributed by atoms with Crippen LogP contribution in [0.2, 0.25) is 0 Å². The first kappa shape index (κ1) is 13.4. The molecule has 1 aromatic heterocycles. The van der Waals surface area contributed by atoms with E-state index in [1.54, 1.807) is 18.0 Å². The largest absolute Gasteiger partial charge is 0.493 e. The van der Waals surface area contributed by atoms with Crippen LogP contribution in [0.1, 0.15) is 43.9 Å². The molecule has 0 aromatic carbocycles. The van der Waals surface area contributed by atoms with Crippen LogP contribution in [0.15, 0.2) is 6.20 Å². The molecule has 1 aromatic rings. The van der Waals surface area contributed by atoms with Gasteiger partial charge in [0.1, 0.15) is 5.69 Å². The van der Waals surface area contributed by atoms with Gasteiger partial charge in [-0.25, -0.2) is 0 Å². The molecule has 2 unspecified atom stereocenters. The molecule has 2 rings (SSSR count). The summed E-state index contributed by atoms with van der Waals surface area (Å²) >= 11 is 0. The molecule has 0 bridgehead atoms. The van der Waals surface area contributed by atoms with Gasteiger partial charge in [0, 0.05) is 13.7 Å². The summed E-state index contributed by atoms with van der Waals surface area (Å²) in [7, 11) is 3.41. The third-order valence-corrected chi connectivity index (χ3v) is 3.52. The highest BCUT2D eigenvalue weighted by Crippen LogP contribution is 2.29. The quantitative estimate of drug-likeness (QED) is 0.870. The molecule has 2 atom stereocenters. The van der Waals surface area contributed by atoms with Gasteiger partial charge >= 0.3 is 0 Å². The van der Waals surface area contributed by atoms with Crippen molar-refractivity contribution in [2.75, 3.05) is 13.7 Å². The third-order valence-electron chi connectivity index (χ3n) is 3.52. The monoisotopic (exact) mass is 254 g/mol. The Morgan fingerprint density at radius 3 is 3.11 bits per heavy atom. The number of hydrogen-bond acceptors (Lipinski definition) is 4. The minimum absolute atomic E-state index is 0.299. The van der Waals surface area contributed by atoms with Crippen molar-refractivity contribution in [3.63, 3.8) is 0 Å². The standard InChI is InChI=1S/C13H22N2O3/c1-15-13(12(17-2)9-14-15)11(16)7-6-10-5-3-4-8-18-10/h9-11,16H,3-8H2,1-2H3. The second kappa shape index (κ2) is 6.20. The van der Waals surface area contributed by atoms with Crippen LogP contribution in [0.5, 0.6) is 5.75 Å². The van der Waals surface area contributed by atoms with E-state index >= 15 is 0 Å². The van der Waals surface area contributed by atoms with Crippen molar-refractivity contribution in [3.8, 4) is 5.75 Å². The van der Waals surface area contributed by atoms with E-state index in [1.807, 2.05) is 7.05 Å². The van der Waals surface area contributed by atoms with Crippen molar-refractivity contribution in [1.29, 1.82) is 0 Å². The van der Waals surface area contributed by atoms with Gasteiger partial charge in [-0.2, -0.15) is 5.10 Å². The molecule has 2 heterocycles. The van der Waals surface area contributed by atoms with E-state index < -0.39 is 6.10 Å². The number of methoxy groups -OCH3 is 1. The van der Waals surface area contributed by atoms with Crippen LogP contribution >= 0.6 is 0 Å². The van der Waals surface area contributed by atoms with E-state index in [0.29, 0.717) is 18.3 Å². The van der Waals surface area contributed by atoms with Gasteiger partial charge in [-0.15, -0.1) is 0 Å². The fourth-order valence-electron chi connectivity index (χ4n) is 2.48. The highest BCUT2D eigenvalue weighted by molar-refractivity contribution is 5.26. The summed E-state index contributed by atoms with van der Waals surface area (Å²) in [6.07, 6.45) is 6.45. The second-order valence-corrected chi connectivity index (χ2v) is 4.80. The number of ether oxygens (including phenoxy) is 2. The maximum absolute atomic E-state index is 10.2. The van der Waals surface area contributed by atoms with Crippen LogP contribution in [0.25, 0.3) is 0 Å². The van der Waals surface area contributed by atoms with Crippen LogP contribution in [0, 0.1) is 0 Å². The van der Waals surface area contributed by atoms with Crippen LogP contribution < -0.4 is 4.74 Å². The van der Waals surface area contributed by atoms with E-state index in [0.717, 1.165) is 31.6 Å². The molecule has 1 aliphatic heterocycles. The van der Waals surface area contributed by atoms with Crippen LogP contribution in [-0.4, -0.2) is 34.7 Å². The van der Waals surface area contributed by atoms with Crippen molar-refractivity contribution in [1.82, 2.24) is 9.78 Å². The summed E-state index contributed by atoms with van der Waals surface area (Å²) < 4.78 is 12.5. The molecule has 5 heteroatoms. The van der Waals surface area contributed by atoms with Gasteiger partial charge in [0.25, 0.3) is 0 Å². The van der Waals surface area contributed by atoms with Gasteiger partial charge in [0.05, 0.1) is 25.5 Å². The van der Waals surface area contributed by atoms with Gasteiger partial charge in [-0.1, -0.05) is 0 Å². The molecule has 0 amide bonds. The molecule has 1 N–H and O–H groups in total. The molecule has 0 saturated carbocycles. The zero-order chi connectivity index (χ0) is 13.0. The van der Waals surface area contributed by atoms with E-state index in [1.165, 1.54) is 6.42 Å². The zero-order valence-corrected chi connectivity index (χ0v) is 11.1. The first-order valence-electron chi connectivity index (χ1n) is 6.58. The maximum Gasteiger partial charge on any atom is 0.162 e. The summed E-state index contributed by atoms with van der Waals surface area (Å²) in [6.45, 7) is 0.857. The lowest BCUT2D eigenvalue weighted by Gasteiger charge is -2.23. The number of rotatable bonds is 5. The molecular formula is C13H22N2O3. The molecule has 5 nitrogen and oxygen atoms in total. The highest BCUT2D eigenvalue weighted by Gasteiger charge is 2.21. The molecular weight excluding hydrogens is 232 g/mol. The van der Waals surface area contributed by atoms with E-state index in [9.17, 15) is 5.11 Å². The topological polar surface area (TPSA) is 56.5 Å². The minimum atomic E-state index is -0.544. The van der Waals surface area contributed by atoms with Gasteiger partial charge in [0.2, 0.25) is 0 Å². The van der Waals surface area contributed by atoms with Crippen LogP contribution in [0.4, 0.5) is 0 Å². The Kier molecular flexibility index (Phi) is 4.60. The number of aromatic nitrogens is 2. The highest BCUT2D eigenvalue weighted by atomic mass is 16.5. The SMILES string of the molecule is COc1cnn(C)c1C(O)CCC1CCCCO1. The Hall–Kier alpha value is -1.07. The van der Waals surface area contributed by atoms with Gasteiger partial charge < -0.3 is 14.6 Å². The third kappa shape index (κ3) is 3.03. The fourth-order valence-corrected chi connectivity index (χ4v) is 2.48. The van der Waals surface area contributed by atoms with Gasteiger partial charge in [-0.05, 0) is 32.1 Å². The predicted octanol–water partition coefficient (Wildman–Crippen LogP) is 1.81. The molecule has 102 valence electrons. The smallest absolute Gasteiger partial charge is 0.162 e. The van der Waals surface area contributed by atoms with E-state index in [4.69, 9.17) is 9.47 Å². The summed E-state index contributed by atoms with van der Waals surface area (Å²) in [5, 5.41) is 14.3. The minimum Gasteiger partial charge on any atom is -0.493 e. The number of aliphatic hydroxyl groups excluding tert-OH is 1. The Bertz CT molecular complexity index is 372. The molecule has 0 aliphatic carbocycles. The number of hydrogen-bond donors (Lipinski definition) is 1. The summed E-state index contributed by atoms with van der Waals surface area (Å²) in [5.74, 6) is 0.648. The lowest BCUT2D eigenvalue weighted by atomic mass is 10.0. The number of aryl methyl sites for hydroxylation is 1. The van der Waals surface area contributed by atoms with Crippen molar-refractivity contribution < 1.29 is 14.6 Å². The Morgan fingerprint density at radius 2 is 2.44 bits per heavy atom. The summed E-state index contributed by atoms with van der Waals surface area (Å²) in [5.41, 5.74) is 0.744. The first-order chi connectivity index (χ1) is 8.72. The summed E-state index contributed by atoms with van der Waals surface area (Å²) in [4.78, 5) is 0. The molecule has 0 radical (unpaired) electrons. The lowest BCUT2D eigenvalue weighted by molar-refractivity contribution is 0.00144. The average molecular weight is 254 g/mol. The molecule has 1 aliphatic rings. The Labute approximate surface area is 108 Å². The predicted molar refractivity (Wildman–Crippen MR) is 67.5 cm³/mol. The van der Waals surface area contributed by atoms with Gasteiger partial charge in [0.15, 0.2) is 5.75 Å². The van der Waals surface area contributed by atoms with Crippen molar-refractivity contribution in [2.45, 2.75) is 44.3 Å². The number of aliphatic hydroxyl groups is 1. The Balaban J connectivity index is 1.90. The zero-order valence-electron chi connectivity index (χ0n) is 11.1.